The molecular weight excluding hydrogens is 322 g/mol. The molecule has 1 N–H and O–H groups in total. The first-order valence-electron chi connectivity index (χ1n) is 6.87. The minimum Gasteiger partial charge on any atom is -0.382 e. The zero-order chi connectivity index (χ0) is 14.6. The van der Waals surface area contributed by atoms with Crippen LogP contribution in [0.25, 0.3) is 0 Å². The van der Waals surface area contributed by atoms with Crippen LogP contribution in [0.1, 0.15) is 18.5 Å². The van der Waals surface area contributed by atoms with Gasteiger partial charge in [-0.3, -0.25) is 0 Å². The van der Waals surface area contributed by atoms with Crippen molar-refractivity contribution >= 4 is 15.9 Å². The molecule has 0 bridgehead atoms. The van der Waals surface area contributed by atoms with Crippen LogP contribution in [0.2, 0.25) is 0 Å². The van der Waals surface area contributed by atoms with Crippen LogP contribution in [-0.4, -0.2) is 46.7 Å². The molecular formula is C15H24BrNO3. The van der Waals surface area contributed by atoms with Crippen LogP contribution >= 0.6 is 15.9 Å². The van der Waals surface area contributed by atoms with E-state index < -0.39 is 0 Å². The SMILES string of the molecule is COCCOCCOCCN[C@H](C)c1ccc(Br)cc1. The van der Waals surface area contributed by atoms with Gasteiger partial charge in [0.25, 0.3) is 0 Å². The highest BCUT2D eigenvalue weighted by atomic mass is 79.9. The first kappa shape index (κ1) is 17.6. The summed E-state index contributed by atoms with van der Waals surface area (Å²) in [5, 5.41) is 3.43. The zero-order valence-electron chi connectivity index (χ0n) is 12.2. The van der Waals surface area contributed by atoms with Gasteiger partial charge in [-0.25, -0.2) is 0 Å². The van der Waals surface area contributed by atoms with Crippen molar-refractivity contribution in [1.82, 2.24) is 5.32 Å². The van der Waals surface area contributed by atoms with Crippen molar-refractivity contribution in [3.63, 3.8) is 0 Å². The number of hydrogen-bond acceptors (Lipinski definition) is 4. The monoisotopic (exact) mass is 345 g/mol. The Bertz CT molecular complexity index is 345. The molecule has 0 fully saturated rings. The van der Waals surface area contributed by atoms with E-state index >= 15 is 0 Å². The van der Waals surface area contributed by atoms with Crippen molar-refractivity contribution in [1.29, 1.82) is 0 Å². The van der Waals surface area contributed by atoms with Gasteiger partial charge >= 0.3 is 0 Å². The molecule has 0 aliphatic carbocycles. The molecule has 1 aromatic rings. The second-order valence-electron chi connectivity index (χ2n) is 4.44. The standard InChI is InChI=1S/C15H24BrNO3/c1-13(14-3-5-15(16)6-4-14)17-7-8-19-11-12-20-10-9-18-2/h3-6,13,17H,7-12H2,1-2H3/t13-/m1/s1. The number of ether oxygens (including phenoxy) is 3. The summed E-state index contributed by atoms with van der Waals surface area (Å²) in [6, 6.07) is 8.67. The number of halogens is 1. The summed E-state index contributed by atoms with van der Waals surface area (Å²) in [5.74, 6) is 0. The maximum Gasteiger partial charge on any atom is 0.0701 e. The summed E-state index contributed by atoms with van der Waals surface area (Å²) in [5.41, 5.74) is 1.27. The molecule has 0 saturated carbocycles. The lowest BCUT2D eigenvalue weighted by Crippen LogP contribution is -2.24. The Morgan fingerprint density at radius 1 is 1.00 bits per heavy atom. The third-order valence-electron chi connectivity index (χ3n) is 2.87. The highest BCUT2D eigenvalue weighted by molar-refractivity contribution is 9.10. The van der Waals surface area contributed by atoms with Crippen LogP contribution in [0, 0.1) is 0 Å². The molecule has 1 rings (SSSR count). The predicted molar refractivity (Wildman–Crippen MR) is 84.1 cm³/mol. The van der Waals surface area contributed by atoms with Crippen molar-refractivity contribution in [3.05, 3.63) is 34.3 Å². The molecule has 0 heterocycles. The fourth-order valence-corrected chi connectivity index (χ4v) is 1.95. The van der Waals surface area contributed by atoms with E-state index in [4.69, 9.17) is 14.2 Å². The van der Waals surface area contributed by atoms with Crippen LogP contribution in [0.4, 0.5) is 0 Å². The lowest BCUT2D eigenvalue weighted by Gasteiger charge is -2.14. The molecule has 0 radical (unpaired) electrons. The quantitative estimate of drug-likeness (QED) is 0.626. The number of rotatable bonds is 11. The van der Waals surface area contributed by atoms with Gasteiger partial charge in [-0.1, -0.05) is 28.1 Å². The Labute approximate surface area is 129 Å². The number of nitrogens with one attached hydrogen (secondary N) is 1. The summed E-state index contributed by atoms with van der Waals surface area (Å²) in [4.78, 5) is 0. The summed E-state index contributed by atoms with van der Waals surface area (Å²) in [7, 11) is 1.66. The van der Waals surface area contributed by atoms with E-state index in [9.17, 15) is 0 Å². The fraction of sp³-hybridized carbons (Fsp3) is 0.600. The molecule has 0 saturated heterocycles. The molecule has 0 amide bonds. The average molecular weight is 346 g/mol. The lowest BCUT2D eigenvalue weighted by molar-refractivity contribution is 0.0253. The summed E-state index contributed by atoms with van der Waals surface area (Å²) in [6.07, 6.45) is 0. The number of methoxy groups -OCH3 is 1. The molecule has 1 atom stereocenters. The van der Waals surface area contributed by atoms with Crippen LogP contribution in [0.3, 0.4) is 0 Å². The maximum absolute atomic E-state index is 5.48. The number of hydrogen-bond donors (Lipinski definition) is 1. The molecule has 0 aliphatic rings. The van der Waals surface area contributed by atoms with Crippen LogP contribution < -0.4 is 5.32 Å². The van der Waals surface area contributed by atoms with E-state index in [-0.39, 0.29) is 0 Å². The largest absolute Gasteiger partial charge is 0.382 e. The van der Waals surface area contributed by atoms with Crippen molar-refractivity contribution < 1.29 is 14.2 Å². The van der Waals surface area contributed by atoms with Gasteiger partial charge in [0.15, 0.2) is 0 Å². The van der Waals surface area contributed by atoms with Crippen molar-refractivity contribution in [3.8, 4) is 0 Å². The Kier molecular flexibility index (Phi) is 9.87. The minimum absolute atomic E-state index is 0.324. The van der Waals surface area contributed by atoms with Crippen molar-refractivity contribution in [2.45, 2.75) is 13.0 Å². The van der Waals surface area contributed by atoms with E-state index in [1.165, 1.54) is 5.56 Å². The molecule has 0 aliphatic heterocycles. The Balaban J connectivity index is 1.99. The predicted octanol–water partition coefficient (Wildman–Crippen LogP) is 2.78. The second-order valence-corrected chi connectivity index (χ2v) is 5.36. The van der Waals surface area contributed by atoms with Gasteiger partial charge in [0.05, 0.1) is 33.0 Å². The van der Waals surface area contributed by atoms with E-state index in [1.54, 1.807) is 7.11 Å². The molecule has 0 aromatic heterocycles. The van der Waals surface area contributed by atoms with Gasteiger partial charge in [-0.05, 0) is 24.6 Å². The highest BCUT2D eigenvalue weighted by Gasteiger charge is 2.03. The molecule has 114 valence electrons. The molecule has 20 heavy (non-hydrogen) atoms. The molecule has 1 aromatic carbocycles. The molecule has 0 unspecified atom stereocenters. The fourth-order valence-electron chi connectivity index (χ4n) is 1.68. The summed E-state index contributed by atoms with van der Waals surface area (Å²) >= 11 is 3.44. The van der Waals surface area contributed by atoms with Crippen molar-refractivity contribution in [2.24, 2.45) is 0 Å². The van der Waals surface area contributed by atoms with Gasteiger partial charge in [-0.15, -0.1) is 0 Å². The Hall–Kier alpha value is -0.460. The van der Waals surface area contributed by atoms with Crippen molar-refractivity contribution in [2.75, 3.05) is 46.7 Å². The van der Waals surface area contributed by atoms with Gasteiger partial charge in [0.1, 0.15) is 0 Å². The topological polar surface area (TPSA) is 39.7 Å². The highest BCUT2D eigenvalue weighted by Crippen LogP contribution is 2.16. The van der Waals surface area contributed by atoms with Crippen LogP contribution in [0.5, 0.6) is 0 Å². The second kappa shape index (κ2) is 11.2. The van der Waals surface area contributed by atoms with Gasteiger partial charge in [0.2, 0.25) is 0 Å². The zero-order valence-corrected chi connectivity index (χ0v) is 13.8. The number of benzene rings is 1. The van der Waals surface area contributed by atoms with E-state index in [0.717, 1.165) is 11.0 Å². The maximum atomic E-state index is 5.48. The molecule has 5 heteroatoms. The molecule has 4 nitrogen and oxygen atoms in total. The summed E-state index contributed by atoms with van der Waals surface area (Å²) < 4.78 is 16.8. The lowest BCUT2D eigenvalue weighted by atomic mass is 10.1. The van der Waals surface area contributed by atoms with Gasteiger partial charge in [-0.2, -0.15) is 0 Å². The summed E-state index contributed by atoms with van der Waals surface area (Å²) in [6.45, 7) is 6.16. The normalized spacial score (nSPS) is 12.6. The first-order chi connectivity index (χ1) is 9.74. The van der Waals surface area contributed by atoms with E-state index in [1.807, 2.05) is 0 Å². The smallest absolute Gasteiger partial charge is 0.0701 e. The van der Waals surface area contributed by atoms with E-state index in [0.29, 0.717) is 39.1 Å². The molecule has 0 spiro atoms. The van der Waals surface area contributed by atoms with Crippen LogP contribution in [0.15, 0.2) is 28.7 Å². The third-order valence-corrected chi connectivity index (χ3v) is 3.40. The first-order valence-corrected chi connectivity index (χ1v) is 7.66. The Morgan fingerprint density at radius 2 is 1.60 bits per heavy atom. The Morgan fingerprint density at radius 3 is 2.25 bits per heavy atom. The minimum atomic E-state index is 0.324. The average Bonchev–Trinajstić information content (AvgIpc) is 2.46. The van der Waals surface area contributed by atoms with Crippen LogP contribution in [-0.2, 0) is 14.2 Å². The van der Waals surface area contributed by atoms with Gasteiger partial charge in [0, 0.05) is 24.2 Å². The third kappa shape index (κ3) is 7.97. The van der Waals surface area contributed by atoms with Gasteiger partial charge < -0.3 is 19.5 Å². The van der Waals surface area contributed by atoms with E-state index in [2.05, 4.69) is 52.4 Å².